The molecule has 2 atom stereocenters. The SMILES string of the molecule is COc1cccc(NC(=O)NC2CC(c3ccc(C)cc3)c3ccccc3N(CC(N)=O)C2=O)c1. The van der Waals surface area contributed by atoms with Crippen LogP contribution in [0.15, 0.2) is 72.8 Å². The van der Waals surface area contributed by atoms with Crippen LogP contribution in [0, 0.1) is 6.92 Å². The molecule has 0 aliphatic carbocycles. The molecule has 180 valence electrons. The number of primary amides is 1. The number of methoxy groups -OCH3 is 1. The fraction of sp³-hybridized carbons (Fsp3) is 0.222. The molecule has 1 aliphatic rings. The quantitative estimate of drug-likeness (QED) is 0.509. The van der Waals surface area contributed by atoms with Gasteiger partial charge in [-0.1, -0.05) is 54.1 Å². The van der Waals surface area contributed by atoms with E-state index in [1.807, 2.05) is 49.4 Å². The van der Waals surface area contributed by atoms with Crippen molar-refractivity contribution in [2.45, 2.75) is 25.3 Å². The first-order valence-corrected chi connectivity index (χ1v) is 11.3. The highest BCUT2D eigenvalue weighted by molar-refractivity contribution is 6.05. The molecule has 8 heteroatoms. The van der Waals surface area contributed by atoms with Gasteiger partial charge in [0, 0.05) is 23.4 Å². The number of nitrogens with one attached hydrogen (secondary N) is 2. The first-order chi connectivity index (χ1) is 16.9. The molecule has 8 nitrogen and oxygen atoms in total. The van der Waals surface area contributed by atoms with E-state index in [0.717, 1.165) is 16.7 Å². The van der Waals surface area contributed by atoms with Crippen molar-refractivity contribution in [3.63, 3.8) is 0 Å². The van der Waals surface area contributed by atoms with Gasteiger partial charge in [0.2, 0.25) is 11.8 Å². The zero-order chi connectivity index (χ0) is 24.9. The summed E-state index contributed by atoms with van der Waals surface area (Å²) >= 11 is 0. The topological polar surface area (TPSA) is 114 Å². The highest BCUT2D eigenvalue weighted by Gasteiger charge is 2.37. The van der Waals surface area contributed by atoms with Crippen LogP contribution in [-0.2, 0) is 9.59 Å². The van der Waals surface area contributed by atoms with E-state index in [9.17, 15) is 14.4 Å². The third-order valence-corrected chi connectivity index (χ3v) is 6.07. The number of carbonyl (C=O) groups excluding carboxylic acids is 3. The first-order valence-electron chi connectivity index (χ1n) is 11.3. The molecule has 4 rings (SSSR count). The van der Waals surface area contributed by atoms with Gasteiger partial charge in [-0.25, -0.2) is 4.79 Å². The number of hydrogen-bond donors (Lipinski definition) is 3. The predicted octanol–water partition coefficient (Wildman–Crippen LogP) is 3.55. The number of aryl methyl sites for hydroxylation is 1. The molecule has 0 fully saturated rings. The highest BCUT2D eigenvalue weighted by atomic mass is 16.5. The van der Waals surface area contributed by atoms with Crippen LogP contribution in [-0.4, -0.2) is 37.5 Å². The number of ether oxygens (including phenoxy) is 1. The van der Waals surface area contributed by atoms with Gasteiger partial charge in [0.05, 0.1) is 7.11 Å². The number of anilines is 2. The minimum atomic E-state index is -0.890. The molecule has 4 N–H and O–H groups in total. The Hall–Kier alpha value is -4.33. The summed E-state index contributed by atoms with van der Waals surface area (Å²) in [5, 5.41) is 5.56. The number of hydrogen-bond acceptors (Lipinski definition) is 4. The van der Waals surface area contributed by atoms with Crippen LogP contribution in [0.4, 0.5) is 16.2 Å². The maximum absolute atomic E-state index is 13.6. The molecule has 1 heterocycles. The zero-order valence-corrected chi connectivity index (χ0v) is 19.7. The minimum absolute atomic E-state index is 0.184. The van der Waals surface area contributed by atoms with Crippen LogP contribution in [0.3, 0.4) is 0 Å². The second-order valence-electron chi connectivity index (χ2n) is 8.53. The van der Waals surface area contributed by atoms with E-state index in [0.29, 0.717) is 23.5 Å². The number of nitrogens with zero attached hydrogens (tertiary/aromatic N) is 1. The van der Waals surface area contributed by atoms with Gasteiger partial charge in [0.15, 0.2) is 0 Å². The lowest BCUT2D eigenvalue weighted by molar-refractivity contribution is -0.123. The van der Waals surface area contributed by atoms with E-state index < -0.39 is 23.9 Å². The largest absolute Gasteiger partial charge is 0.497 e. The Morgan fingerprint density at radius 3 is 2.51 bits per heavy atom. The van der Waals surface area contributed by atoms with Crippen LogP contribution >= 0.6 is 0 Å². The molecule has 3 aromatic carbocycles. The summed E-state index contributed by atoms with van der Waals surface area (Å²) in [6, 6.07) is 21.0. The van der Waals surface area contributed by atoms with Gasteiger partial charge in [-0.2, -0.15) is 0 Å². The van der Waals surface area contributed by atoms with E-state index in [1.54, 1.807) is 37.4 Å². The normalized spacial score (nSPS) is 17.2. The van der Waals surface area contributed by atoms with E-state index in [-0.39, 0.29) is 12.5 Å². The van der Waals surface area contributed by atoms with Crippen molar-refractivity contribution in [3.8, 4) is 5.75 Å². The molecule has 3 aromatic rings. The van der Waals surface area contributed by atoms with Crippen molar-refractivity contribution in [2.24, 2.45) is 5.73 Å². The number of benzene rings is 3. The number of urea groups is 1. The van der Waals surface area contributed by atoms with Gasteiger partial charge in [-0.05, 0) is 42.7 Å². The number of rotatable bonds is 6. The Morgan fingerprint density at radius 1 is 1.06 bits per heavy atom. The third-order valence-electron chi connectivity index (χ3n) is 6.07. The van der Waals surface area contributed by atoms with Crippen molar-refractivity contribution in [3.05, 3.63) is 89.5 Å². The summed E-state index contributed by atoms with van der Waals surface area (Å²) in [6.07, 6.45) is 0.319. The standard InChI is InChI=1S/C27H28N4O4/c1-17-10-12-18(13-11-17)22-15-23(30-27(34)29-19-6-5-7-20(14-19)35-2)26(33)31(16-25(28)32)24-9-4-3-8-21(22)24/h3-14,22-23H,15-16H2,1-2H3,(H2,28,32)(H2,29,30,34). The Labute approximate surface area is 204 Å². The zero-order valence-electron chi connectivity index (χ0n) is 19.7. The van der Waals surface area contributed by atoms with Gasteiger partial charge in [0.25, 0.3) is 0 Å². The van der Waals surface area contributed by atoms with E-state index in [2.05, 4.69) is 10.6 Å². The molecule has 0 saturated heterocycles. The molecule has 35 heavy (non-hydrogen) atoms. The van der Waals surface area contributed by atoms with E-state index >= 15 is 0 Å². The summed E-state index contributed by atoms with van der Waals surface area (Å²) in [5.41, 5.74) is 9.64. The average molecular weight is 473 g/mol. The summed E-state index contributed by atoms with van der Waals surface area (Å²) in [6.45, 7) is 1.72. The lowest BCUT2D eigenvalue weighted by Crippen LogP contribution is -2.51. The summed E-state index contributed by atoms with van der Waals surface area (Å²) in [7, 11) is 1.54. The highest BCUT2D eigenvalue weighted by Crippen LogP contribution is 2.39. The molecule has 1 aliphatic heterocycles. The maximum Gasteiger partial charge on any atom is 0.319 e. The average Bonchev–Trinajstić information content (AvgIpc) is 2.95. The molecular weight excluding hydrogens is 444 g/mol. The number of fused-ring (bicyclic) bond motifs is 1. The van der Waals surface area contributed by atoms with Crippen LogP contribution in [0.1, 0.15) is 29.0 Å². The molecule has 4 amide bonds. The molecule has 0 saturated carbocycles. The smallest absolute Gasteiger partial charge is 0.319 e. The first kappa shape index (κ1) is 23.8. The van der Waals surface area contributed by atoms with Crippen LogP contribution in [0.2, 0.25) is 0 Å². The van der Waals surface area contributed by atoms with Gasteiger partial charge in [-0.15, -0.1) is 0 Å². The molecule has 0 aromatic heterocycles. The Balaban J connectivity index is 1.68. The second-order valence-corrected chi connectivity index (χ2v) is 8.53. The van der Waals surface area contributed by atoms with Crippen molar-refractivity contribution in [1.82, 2.24) is 5.32 Å². The summed E-state index contributed by atoms with van der Waals surface area (Å²) in [5.74, 6) is -0.625. The van der Waals surface area contributed by atoms with E-state index in [4.69, 9.17) is 10.5 Å². The number of carbonyl (C=O) groups is 3. The van der Waals surface area contributed by atoms with Crippen LogP contribution in [0.25, 0.3) is 0 Å². The summed E-state index contributed by atoms with van der Waals surface area (Å²) < 4.78 is 5.20. The minimum Gasteiger partial charge on any atom is -0.497 e. The lowest BCUT2D eigenvalue weighted by Gasteiger charge is -2.25. The predicted molar refractivity (Wildman–Crippen MR) is 135 cm³/mol. The number of amides is 4. The molecule has 0 spiro atoms. The maximum atomic E-state index is 13.6. The molecule has 0 radical (unpaired) electrons. The Morgan fingerprint density at radius 2 is 1.80 bits per heavy atom. The van der Waals surface area contributed by atoms with E-state index in [1.165, 1.54) is 4.90 Å². The molecular formula is C27H28N4O4. The number of nitrogens with two attached hydrogens (primary N) is 1. The van der Waals surface area contributed by atoms with Crippen molar-refractivity contribution in [1.29, 1.82) is 0 Å². The molecule has 2 unspecified atom stereocenters. The third kappa shape index (κ3) is 5.43. The van der Waals surface area contributed by atoms with Crippen molar-refractivity contribution in [2.75, 3.05) is 23.9 Å². The van der Waals surface area contributed by atoms with Gasteiger partial charge < -0.3 is 26.0 Å². The van der Waals surface area contributed by atoms with Crippen molar-refractivity contribution >= 4 is 29.2 Å². The summed E-state index contributed by atoms with van der Waals surface area (Å²) in [4.78, 5) is 39.8. The fourth-order valence-corrected chi connectivity index (χ4v) is 4.38. The second kappa shape index (κ2) is 10.3. The fourth-order valence-electron chi connectivity index (χ4n) is 4.38. The van der Waals surface area contributed by atoms with Gasteiger partial charge >= 0.3 is 6.03 Å². The van der Waals surface area contributed by atoms with Crippen LogP contribution < -0.4 is 26.0 Å². The van der Waals surface area contributed by atoms with Crippen molar-refractivity contribution < 1.29 is 19.1 Å². The Kier molecular flexibility index (Phi) is 7.01. The monoisotopic (exact) mass is 472 g/mol. The van der Waals surface area contributed by atoms with Gasteiger partial charge in [0.1, 0.15) is 18.3 Å². The van der Waals surface area contributed by atoms with Gasteiger partial charge in [-0.3, -0.25) is 9.59 Å². The molecule has 0 bridgehead atoms. The lowest BCUT2D eigenvalue weighted by atomic mass is 9.86. The Bertz CT molecular complexity index is 1240. The van der Waals surface area contributed by atoms with Crippen LogP contribution in [0.5, 0.6) is 5.75 Å². The number of para-hydroxylation sites is 1.